The van der Waals surface area contributed by atoms with Crippen LogP contribution in [-0.2, 0) is 9.59 Å². The van der Waals surface area contributed by atoms with E-state index in [0.717, 1.165) is 13.1 Å². The average molecular weight is 371 g/mol. The monoisotopic (exact) mass is 371 g/mol. The molecule has 1 aromatic carbocycles. The molecule has 7 heteroatoms. The number of β-amino-alcohol motifs (C(OH)–C–C–N with tert-alkyl or cyclic N) is 1. The summed E-state index contributed by atoms with van der Waals surface area (Å²) in [6.07, 6.45) is 1.56. The standard InChI is InChI=1S/C20H25N3O4/c1-3-8-23-19(25)17(15-4-6-16(27-2)7-5-15)18(20(23)26)22-11-9-21(10-12-22)13-14-24/h3-7,24H,1,8-14H2,2H3. The molecule has 0 aromatic heterocycles. The third kappa shape index (κ3) is 3.74. The molecule has 2 amide bonds. The number of rotatable bonds is 7. The summed E-state index contributed by atoms with van der Waals surface area (Å²) in [7, 11) is 1.58. The number of piperazine rings is 1. The number of methoxy groups -OCH3 is 1. The van der Waals surface area contributed by atoms with E-state index < -0.39 is 0 Å². The number of benzene rings is 1. The number of carbonyl (C=O) groups excluding carboxylic acids is 2. The van der Waals surface area contributed by atoms with Gasteiger partial charge in [-0.25, -0.2) is 0 Å². The van der Waals surface area contributed by atoms with Gasteiger partial charge in [-0.15, -0.1) is 6.58 Å². The van der Waals surface area contributed by atoms with Gasteiger partial charge in [0.1, 0.15) is 11.4 Å². The molecule has 0 saturated carbocycles. The SMILES string of the molecule is C=CCN1C(=O)C(c2ccc(OC)cc2)=C(N2CCN(CCO)CC2)C1=O. The van der Waals surface area contributed by atoms with Crippen molar-refractivity contribution in [3.05, 3.63) is 48.2 Å². The average Bonchev–Trinajstić information content (AvgIpc) is 2.94. The molecular weight excluding hydrogens is 346 g/mol. The van der Waals surface area contributed by atoms with Crippen LogP contribution in [0, 0.1) is 0 Å². The Labute approximate surface area is 159 Å². The zero-order valence-electron chi connectivity index (χ0n) is 15.6. The first-order chi connectivity index (χ1) is 13.1. The van der Waals surface area contributed by atoms with Crippen LogP contribution in [0.3, 0.4) is 0 Å². The van der Waals surface area contributed by atoms with Crippen LogP contribution in [0.1, 0.15) is 5.56 Å². The van der Waals surface area contributed by atoms with E-state index in [1.807, 2.05) is 4.90 Å². The molecule has 2 aliphatic rings. The third-order valence-electron chi connectivity index (χ3n) is 4.94. The fourth-order valence-electron chi connectivity index (χ4n) is 3.51. The molecule has 2 heterocycles. The molecule has 3 rings (SSSR count). The topological polar surface area (TPSA) is 73.3 Å². The van der Waals surface area contributed by atoms with E-state index in [-0.39, 0.29) is 25.0 Å². The van der Waals surface area contributed by atoms with E-state index in [1.165, 1.54) is 4.90 Å². The molecule has 0 spiro atoms. The number of aliphatic hydroxyl groups excluding tert-OH is 1. The first-order valence-electron chi connectivity index (χ1n) is 9.04. The Bertz CT molecular complexity index is 749. The molecule has 0 radical (unpaired) electrons. The lowest BCUT2D eigenvalue weighted by Gasteiger charge is -2.36. The molecule has 0 unspecified atom stereocenters. The van der Waals surface area contributed by atoms with E-state index in [0.29, 0.717) is 42.2 Å². The molecule has 0 bridgehead atoms. The lowest BCUT2D eigenvalue weighted by Crippen LogP contribution is -2.48. The molecule has 0 aliphatic carbocycles. The van der Waals surface area contributed by atoms with Gasteiger partial charge in [0.15, 0.2) is 0 Å². The van der Waals surface area contributed by atoms with E-state index in [4.69, 9.17) is 9.84 Å². The highest BCUT2D eigenvalue weighted by Crippen LogP contribution is 2.32. The first kappa shape index (κ1) is 19.1. The van der Waals surface area contributed by atoms with E-state index >= 15 is 0 Å². The second-order valence-electron chi connectivity index (χ2n) is 6.51. The van der Waals surface area contributed by atoms with Gasteiger partial charge in [0.25, 0.3) is 11.8 Å². The number of carbonyl (C=O) groups is 2. The van der Waals surface area contributed by atoms with Crippen LogP contribution in [0.4, 0.5) is 0 Å². The van der Waals surface area contributed by atoms with E-state index in [2.05, 4.69) is 11.5 Å². The molecule has 1 aromatic rings. The minimum absolute atomic E-state index is 0.115. The van der Waals surface area contributed by atoms with Crippen molar-refractivity contribution in [2.75, 3.05) is 53.0 Å². The Hall–Kier alpha value is -2.64. The molecule has 2 aliphatic heterocycles. The van der Waals surface area contributed by atoms with Crippen LogP contribution in [0.2, 0.25) is 0 Å². The predicted octanol–water partition coefficient (Wildman–Crippen LogP) is 0.571. The van der Waals surface area contributed by atoms with Crippen LogP contribution < -0.4 is 4.74 Å². The highest BCUT2D eigenvalue weighted by molar-refractivity contribution is 6.35. The van der Waals surface area contributed by atoms with Gasteiger partial charge in [-0.3, -0.25) is 19.4 Å². The summed E-state index contributed by atoms with van der Waals surface area (Å²) in [6.45, 7) is 7.32. The Morgan fingerprint density at radius 3 is 2.33 bits per heavy atom. The predicted molar refractivity (Wildman–Crippen MR) is 102 cm³/mol. The second kappa shape index (κ2) is 8.37. The second-order valence-corrected chi connectivity index (χ2v) is 6.51. The van der Waals surface area contributed by atoms with Crippen LogP contribution >= 0.6 is 0 Å². The normalized spacial score (nSPS) is 18.4. The zero-order chi connectivity index (χ0) is 19.4. The van der Waals surface area contributed by atoms with Crippen molar-refractivity contribution in [2.24, 2.45) is 0 Å². The van der Waals surface area contributed by atoms with Gasteiger partial charge < -0.3 is 14.7 Å². The third-order valence-corrected chi connectivity index (χ3v) is 4.94. The lowest BCUT2D eigenvalue weighted by molar-refractivity contribution is -0.137. The van der Waals surface area contributed by atoms with Crippen molar-refractivity contribution in [3.63, 3.8) is 0 Å². The summed E-state index contributed by atoms with van der Waals surface area (Å²) in [5.74, 6) is 0.123. The maximum absolute atomic E-state index is 13.0. The number of imide groups is 1. The molecule has 1 N–H and O–H groups in total. The van der Waals surface area contributed by atoms with Crippen LogP contribution in [-0.4, -0.2) is 84.6 Å². The fourth-order valence-corrected chi connectivity index (χ4v) is 3.51. The van der Waals surface area contributed by atoms with Crippen LogP contribution in [0.25, 0.3) is 5.57 Å². The number of ether oxygens (including phenoxy) is 1. The highest BCUT2D eigenvalue weighted by Gasteiger charge is 2.41. The van der Waals surface area contributed by atoms with E-state index in [1.54, 1.807) is 37.5 Å². The minimum Gasteiger partial charge on any atom is -0.497 e. The maximum Gasteiger partial charge on any atom is 0.278 e. The van der Waals surface area contributed by atoms with E-state index in [9.17, 15) is 9.59 Å². The smallest absolute Gasteiger partial charge is 0.278 e. The Balaban J connectivity index is 1.95. The molecule has 1 saturated heterocycles. The quantitative estimate of drug-likeness (QED) is 0.558. The van der Waals surface area contributed by atoms with Gasteiger partial charge in [-0.1, -0.05) is 18.2 Å². The molecule has 7 nitrogen and oxygen atoms in total. The Kier molecular flexibility index (Phi) is 5.93. The van der Waals surface area contributed by atoms with Crippen molar-refractivity contribution in [3.8, 4) is 5.75 Å². The molecule has 0 atom stereocenters. The van der Waals surface area contributed by atoms with Crippen LogP contribution in [0.5, 0.6) is 5.75 Å². The van der Waals surface area contributed by atoms with Crippen molar-refractivity contribution in [1.29, 1.82) is 0 Å². The number of aliphatic hydroxyl groups is 1. The summed E-state index contributed by atoms with van der Waals surface area (Å²) < 4.78 is 5.19. The number of nitrogens with zero attached hydrogens (tertiary/aromatic N) is 3. The Morgan fingerprint density at radius 2 is 1.78 bits per heavy atom. The minimum atomic E-state index is -0.294. The maximum atomic E-state index is 13.0. The summed E-state index contributed by atoms with van der Waals surface area (Å²) in [4.78, 5) is 31.3. The van der Waals surface area contributed by atoms with Gasteiger partial charge in [-0.2, -0.15) is 0 Å². The van der Waals surface area contributed by atoms with Gasteiger partial charge in [0.05, 0.1) is 19.3 Å². The number of hydrogen-bond donors (Lipinski definition) is 1. The van der Waals surface area contributed by atoms with Gasteiger partial charge >= 0.3 is 0 Å². The summed E-state index contributed by atoms with van der Waals surface area (Å²) >= 11 is 0. The van der Waals surface area contributed by atoms with Crippen LogP contribution in [0.15, 0.2) is 42.6 Å². The highest BCUT2D eigenvalue weighted by atomic mass is 16.5. The van der Waals surface area contributed by atoms with Crippen molar-refractivity contribution in [1.82, 2.24) is 14.7 Å². The molecule has 1 fully saturated rings. The molecule has 27 heavy (non-hydrogen) atoms. The molecule has 144 valence electrons. The van der Waals surface area contributed by atoms with Gasteiger partial charge in [-0.05, 0) is 17.7 Å². The number of hydrogen-bond acceptors (Lipinski definition) is 6. The number of amides is 2. The molecular formula is C20H25N3O4. The first-order valence-corrected chi connectivity index (χ1v) is 9.04. The fraction of sp³-hybridized carbons (Fsp3) is 0.400. The summed E-state index contributed by atoms with van der Waals surface area (Å²) in [6, 6.07) is 7.18. The van der Waals surface area contributed by atoms with Crippen molar-refractivity contribution < 1.29 is 19.4 Å². The van der Waals surface area contributed by atoms with Crippen molar-refractivity contribution in [2.45, 2.75) is 0 Å². The van der Waals surface area contributed by atoms with Crippen molar-refractivity contribution >= 4 is 17.4 Å². The van der Waals surface area contributed by atoms with Gasteiger partial charge in [0.2, 0.25) is 0 Å². The zero-order valence-corrected chi connectivity index (χ0v) is 15.6. The van der Waals surface area contributed by atoms with Gasteiger partial charge in [0, 0.05) is 39.3 Å². The summed E-state index contributed by atoms with van der Waals surface area (Å²) in [5, 5.41) is 9.11. The lowest BCUT2D eigenvalue weighted by atomic mass is 10.0. The Morgan fingerprint density at radius 1 is 1.11 bits per heavy atom. The summed E-state index contributed by atoms with van der Waals surface area (Å²) in [5.41, 5.74) is 1.59. The largest absolute Gasteiger partial charge is 0.497 e.